The third-order valence-electron chi connectivity index (χ3n) is 2.58. The van der Waals surface area contributed by atoms with Gasteiger partial charge in [-0.1, -0.05) is 0 Å². The van der Waals surface area contributed by atoms with Crippen molar-refractivity contribution in [2.75, 3.05) is 13.1 Å². The standard InChI is InChI=1S/C10H13N3O3/c14-9(15)3-5-13-6-8(12-10(13)16)7-2-1-4-11-7/h1-2,4,8,11H,3,5-6H2,(H,12,16)(H,14,15). The molecule has 1 aromatic heterocycles. The molecule has 86 valence electrons. The van der Waals surface area contributed by atoms with E-state index in [2.05, 4.69) is 10.3 Å². The summed E-state index contributed by atoms with van der Waals surface area (Å²) in [5, 5.41) is 11.3. The van der Waals surface area contributed by atoms with E-state index < -0.39 is 5.97 Å². The van der Waals surface area contributed by atoms with Gasteiger partial charge in [0.15, 0.2) is 0 Å². The van der Waals surface area contributed by atoms with Gasteiger partial charge in [0.05, 0.1) is 12.5 Å². The second-order valence-corrected chi connectivity index (χ2v) is 3.72. The number of rotatable bonds is 4. The number of nitrogens with zero attached hydrogens (tertiary/aromatic N) is 1. The molecule has 1 aliphatic heterocycles. The van der Waals surface area contributed by atoms with E-state index in [-0.39, 0.29) is 25.0 Å². The zero-order valence-corrected chi connectivity index (χ0v) is 8.64. The van der Waals surface area contributed by atoms with Crippen LogP contribution in [0, 0.1) is 0 Å². The molecular formula is C10H13N3O3. The van der Waals surface area contributed by atoms with E-state index in [9.17, 15) is 9.59 Å². The van der Waals surface area contributed by atoms with E-state index >= 15 is 0 Å². The van der Waals surface area contributed by atoms with E-state index in [1.807, 2.05) is 12.1 Å². The summed E-state index contributed by atoms with van der Waals surface area (Å²) >= 11 is 0. The first-order chi connectivity index (χ1) is 7.66. The molecule has 0 bridgehead atoms. The van der Waals surface area contributed by atoms with E-state index in [0.29, 0.717) is 6.54 Å². The van der Waals surface area contributed by atoms with Gasteiger partial charge in [-0.15, -0.1) is 0 Å². The molecule has 2 heterocycles. The molecule has 2 amide bonds. The fraction of sp³-hybridized carbons (Fsp3) is 0.400. The molecule has 2 rings (SSSR count). The lowest BCUT2D eigenvalue weighted by molar-refractivity contribution is -0.137. The average Bonchev–Trinajstić information content (AvgIpc) is 2.83. The maximum atomic E-state index is 11.5. The Labute approximate surface area is 92.3 Å². The summed E-state index contributed by atoms with van der Waals surface area (Å²) < 4.78 is 0. The van der Waals surface area contributed by atoms with E-state index in [4.69, 9.17) is 5.11 Å². The number of hydrogen-bond donors (Lipinski definition) is 3. The molecule has 6 nitrogen and oxygen atoms in total. The number of carbonyl (C=O) groups is 2. The molecule has 16 heavy (non-hydrogen) atoms. The predicted molar refractivity (Wildman–Crippen MR) is 55.9 cm³/mol. The molecule has 1 atom stereocenters. The normalized spacial score (nSPS) is 19.9. The number of aliphatic carboxylic acids is 1. The van der Waals surface area contributed by atoms with Crippen LogP contribution in [0.5, 0.6) is 0 Å². The molecule has 1 unspecified atom stereocenters. The topological polar surface area (TPSA) is 85.4 Å². The average molecular weight is 223 g/mol. The number of hydrogen-bond acceptors (Lipinski definition) is 2. The van der Waals surface area contributed by atoms with Crippen LogP contribution >= 0.6 is 0 Å². The first-order valence-corrected chi connectivity index (χ1v) is 5.07. The summed E-state index contributed by atoms with van der Waals surface area (Å²) in [5.74, 6) is -0.892. The van der Waals surface area contributed by atoms with Gasteiger partial charge in [0.25, 0.3) is 0 Å². The van der Waals surface area contributed by atoms with Crippen molar-refractivity contribution in [3.63, 3.8) is 0 Å². The Morgan fingerprint density at radius 3 is 3.06 bits per heavy atom. The summed E-state index contributed by atoms with van der Waals surface area (Å²) in [6.07, 6.45) is 1.77. The van der Waals surface area contributed by atoms with Crippen molar-refractivity contribution in [2.24, 2.45) is 0 Å². The zero-order valence-electron chi connectivity index (χ0n) is 8.64. The highest BCUT2D eigenvalue weighted by Crippen LogP contribution is 2.18. The molecule has 1 aliphatic rings. The SMILES string of the molecule is O=C(O)CCN1CC(c2ccc[nH]2)NC1=O. The Balaban J connectivity index is 1.94. The maximum Gasteiger partial charge on any atom is 0.318 e. The Hall–Kier alpha value is -1.98. The molecule has 0 spiro atoms. The van der Waals surface area contributed by atoms with Gasteiger partial charge in [0.2, 0.25) is 0 Å². The van der Waals surface area contributed by atoms with E-state index in [1.54, 1.807) is 6.20 Å². The molecule has 3 N–H and O–H groups in total. The Kier molecular flexibility index (Phi) is 2.80. The fourth-order valence-electron chi connectivity index (χ4n) is 1.75. The van der Waals surface area contributed by atoms with Gasteiger partial charge in [-0.3, -0.25) is 4.79 Å². The third-order valence-corrected chi connectivity index (χ3v) is 2.58. The molecule has 6 heteroatoms. The van der Waals surface area contributed by atoms with Gasteiger partial charge in [0.1, 0.15) is 0 Å². The van der Waals surface area contributed by atoms with E-state index in [1.165, 1.54) is 4.90 Å². The number of nitrogens with one attached hydrogen (secondary N) is 2. The Bertz CT molecular complexity index is 388. The highest BCUT2D eigenvalue weighted by Gasteiger charge is 2.30. The van der Waals surface area contributed by atoms with Crippen molar-refractivity contribution in [1.29, 1.82) is 0 Å². The first kappa shape index (κ1) is 10.5. The van der Waals surface area contributed by atoms with Crippen LogP contribution in [-0.4, -0.2) is 40.1 Å². The second-order valence-electron chi connectivity index (χ2n) is 3.72. The van der Waals surface area contributed by atoms with Gasteiger partial charge in [-0.2, -0.15) is 0 Å². The number of aromatic amines is 1. The summed E-state index contributed by atoms with van der Waals surface area (Å²) in [7, 11) is 0. The summed E-state index contributed by atoms with van der Waals surface area (Å²) in [5.41, 5.74) is 0.936. The van der Waals surface area contributed by atoms with Gasteiger partial charge in [0, 0.05) is 25.0 Å². The van der Waals surface area contributed by atoms with Crippen molar-refractivity contribution in [1.82, 2.24) is 15.2 Å². The number of carboxylic acid groups (broad SMARTS) is 1. The minimum Gasteiger partial charge on any atom is -0.481 e. The van der Waals surface area contributed by atoms with Crippen molar-refractivity contribution < 1.29 is 14.7 Å². The Morgan fingerprint density at radius 1 is 1.62 bits per heavy atom. The number of urea groups is 1. The van der Waals surface area contributed by atoms with Gasteiger partial charge >= 0.3 is 12.0 Å². The summed E-state index contributed by atoms with van der Waals surface area (Å²) in [6, 6.07) is 3.48. The second kappa shape index (κ2) is 4.26. The van der Waals surface area contributed by atoms with Crippen LogP contribution in [0.2, 0.25) is 0 Å². The lowest BCUT2D eigenvalue weighted by atomic mass is 10.2. The van der Waals surface area contributed by atoms with Crippen molar-refractivity contribution in [2.45, 2.75) is 12.5 Å². The minimum atomic E-state index is -0.892. The Morgan fingerprint density at radius 2 is 2.44 bits per heavy atom. The molecule has 0 aromatic carbocycles. The van der Waals surface area contributed by atoms with Crippen molar-refractivity contribution in [3.05, 3.63) is 24.0 Å². The lowest BCUT2D eigenvalue weighted by Gasteiger charge is -2.12. The fourth-order valence-corrected chi connectivity index (χ4v) is 1.75. The molecule has 1 aromatic rings. The van der Waals surface area contributed by atoms with Crippen LogP contribution < -0.4 is 5.32 Å². The molecule has 0 saturated carbocycles. The maximum absolute atomic E-state index is 11.5. The highest BCUT2D eigenvalue weighted by atomic mass is 16.4. The third kappa shape index (κ3) is 2.16. The van der Waals surface area contributed by atoms with Gasteiger partial charge in [-0.05, 0) is 12.1 Å². The smallest absolute Gasteiger partial charge is 0.318 e. The molecular weight excluding hydrogens is 210 g/mol. The van der Waals surface area contributed by atoms with Gasteiger partial charge < -0.3 is 20.3 Å². The summed E-state index contributed by atoms with van der Waals surface area (Å²) in [4.78, 5) is 26.4. The number of amides is 2. The van der Waals surface area contributed by atoms with Crippen molar-refractivity contribution in [3.8, 4) is 0 Å². The molecule has 0 aliphatic carbocycles. The van der Waals surface area contributed by atoms with Crippen LogP contribution in [0.1, 0.15) is 18.2 Å². The lowest BCUT2D eigenvalue weighted by Crippen LogP contribution is -2.30. The quantitative estimate of drug-likeness (QED) is 0.697. The van der Waals surface area contributed by atoms with Crippen LogP contribution in [-0.2, 0) is 4.79 Å². The largest absolute Gasteiger partial charge is 0.481 e. The number of carboxylic acids is 1. The minimum absolute atomic E-state index is 0.0230. The monoisotopic (exact) mass is 223 g/mol. The zero-order chi connectivity index (χ0) is 11.5. The van der Waals surface area contributed by atoms with Crippen LogP contribution in [0.15, 0.2) is 18.3 Å². The van der Waals surface area contributed by atoms with Gasteiger partial charge in [-0.25, -0.2) is 4.79 Å². The number of carbonyl (C=O) groups excluding carboxylic acids is 1. The van der Waals surface area contributed by atoms with E-state index in [0.717, 1.165) is 5.69 Å². The van der Waals surface area contributed by atoms with Crippen LogP contribution in [0.25, 0.3) is 0 Å². The van der Waals surface area contributed by atoms with Crippen LogP contribution in [0.4, 0.5) is 4.79 Å². The molecule has 0 radical (unpaired) electrons. The first-order valence-electron chi connectivity index (χ1n) is 5.07. The highest BCUT2D eigenvalue weighted by molar-refractivity contribution is 5.78. The van der Waals surface area contributed by atoms with Crippen molar-refractivity contribution >= 4 is 12.0 Å². The number of H-pyrrole nitrogens is 1. The van der Waals surface area contributed by atoms with Crippen LogP contribution in [0.3, 0.4) is 0 Å². The summed E-state index contributed by atoms with van der Waals surface area (Å²) in [6.45, 7) is 0.755. The predicted octanol–water partition coefficient (Wildman–Crippen LogP) is 0.556. The molecule has 1 saturated heterocycles. The number of aromatic nitrogens is 1. The molecule has 1 fully saturated rings.